The van der Waals surface area contributed by atoms with E-state index in [1.807, 2.05) is 17.9 Å². The smallest absolute Gasteiger partial charge is 0.322 e. The molecule has 5 rings (SSSR count). The number of nitrogens with zero attached hydrogens (tertiary/aromatic N) is 3. The van der Waals surface area contributed by atoms with Gasteiger partial charge in [-0.2, -0.15) is 0 Å². The molecular formula is C29H32Cl2N4O3. The molecule has 2 aromatic rings. The van der Waals surface area contributed by atoms with Gasteiger partial charge in [-0.1, -0.05) is 59.6 Å². The van der Waals surface area contributed by atoms with Crippen molar-refractivity contribution in [2.24, 2.45) is 5.92 Å². The lowest BCUT2D eigenvalue weighted by Gasteiger charge is -2.36. The molecule has 0 spiro atoms. The van der Waals surface area contributed by atoms with Crippen LogP contribution in [0, 0.1) is 5.92 Å². The molecule has 1 N–H and O–H groups in total. The molecule has 1 fully saturated rings. The van der Waals surface area contributed by atoms with Gasteiger partial charge in [0, 0.05) is 29.7 Å². The molecular weight excluding hydrogens is 523 g/mol. The molecule has 3 heterocycles. The van der Waals surface area contributed by atoms with Crippen LogP contribution in [0.15, 0.2) is 59.8 Å². The van der Waals surface area contributed by atoms with E-state index < -0.39 is 12.1 Å². The Balaban J connectivity index is 1.30. The molecule has 2 atom stereocenters. The summed E-state index contributed by atoms with van der Waals surface area (Å²) in [4.78, 5) is 45.3. The highest BCUT2D eigenvalue weighted by Crippen LogP contribution is 2.40. The van der Waals surface area contributed by atoms with E-state index in [2.05, 4.69) is 29.6 Å². The van der Waals surface area contributed by atoms with Crippen LogP contribution in [0.5, 0.6) is 0 Å². The fraction of sp³-hybridized carbons (Fsp3) is 0.414. The highest BCUT2D eigenvalue weighted by Gasteiger charge is 2.46. The Labute approximate surface area is 233 Å². The molecule has 2 aromatic carbocycles. The number of halogens is 2. The first-order chi connectivity index (χ1) is 18.3. The number of hydrogen-bond acceptors (Lipinski definition) is 3. The SMILES string of the molecule is CCN1C(=O)NC(c2ccc(Cl)cc2Cl)C2=C1CN(C(C)C(=O)N1CCC(Cc3ccccc3)CC1)C2=O. The van der Waals surface area contributed by atoms with Crippen molar-refractivity contribution in [1.29, 1.82) is 0 Å². The van der Waals surface area contributed by atoms with Gasteiger partial charge in [-0.25, -0.2) is 4.79 Å². The van der Waals surface area contributed by atoms with Crippen molar-refractivity contribution < 1.29 is 14.4 Å². The van der Waals surface area contributed by atoms with Crippen LogP contribution in [0.4, 0.5) is 4.79 Å². The fourth-order valence-corrected chi connectivity index (χ4v) is 6.35. The Hall–Kier alpha value is -3.03. The first-order valence-electron chi connectivity index (χ1n) is 13.2. The maximum absolute atomic E-state index is 13.8. The summed E-state index contributed by atoms with van der Waals surface area (Å²) in [5.74, 6) is 0.230. The number of likely N-dealkylation sites (tertiary alicyclic amines) is 1. The molecule has 1 saturated heterocycles. The van der Waals surface area contributed by atoms with Crippen molar-refractivity contribution in [3.8, 4) is 0 Å². The van der Waals surface area contributed by atoms with E-state index in [0.717, 1.165) is 19.3 Å². The quantitative estimate of drug-likeness (QED) is 0.543. The van der Waals surface area contributed by atoms with Crippen LogP contribution >= 0.6 is 23.2 Å². The predicted octanol–water partition coefficient (Wildman–Crippen LogP) is 5.05. The number of hydrogen-bond donors (Lipinski definition) is 1. The van der Waals surface area contributed by atoms with Crippen molar-refractivity contribution >= 4 is 41.0 Å². The highest BCUT2D eigenvalue weighted by molar-refractivity contribution is 6.35. The number of amides is 4. The summed E-state index contributed by atoms with van der Waals surface area (Å²) in [7, 11) is 0. The third kappa shape index (κ3) is 5.02. The molecule has 0 radical (unpaired) electrons. The average Bonchev–Trinajstić information content (AvgIpc) is 3.25. The standard InChI is InChI=1S/C29H32Cl2N4O3/c1-3-34-24-17-35(28(37)25(24)26(32-29(34)38)22-10-9-21(30)16-23(22)31)18(2)27(36)33-13-11-20(12-14-33)15-19-7-5-4-6-8-19/h4-10,16,18,20,26H,3,11-15,17H2,1-2H3,(H,32,38). The molecule has 38 heavy (non-hydrogen) atoms. The van der Waals surface area contributed by atoms with Crippen molar-refractivity contribution in [3.05, 3.63) is 81.0 Å². The monoisotopic (exact) mass is 554 g/mol. The number of urea groups is 1. The molecule has 0 aromatic heterocycles. The zero-order chi connectivity index (χ0) is 27.0. The predicted molar refractivity (Wildman–Crippen MR) is 148 cm³/mol. The fourth-order valence-electron chi connectivity index (χ4n) is 5.83. The van der Waals surface area contributed by atoms with Gasteiger partial charge in [0.25, 0.3) is 5.91 Å². The van der Waals surface area contributed by atoms with Gasteiger partial charge in [-0.05, 0) is 62.3 Å². The molecule has 0 saturated carbocycles. The van der Waals surface area contributed by atoms with Crippen molar-refractivity contribution in [2.45, 2.75) is 45.2 Å². The molecule has 9 heteroatoms. The number of carbonyl (C=O) groups is 3. The normalized spacial score (nSPS) is 21.1. The van der Waals surface area contributed by atoms with Crippen molar-refractivity contribution in [2.75, 3.05) is 26.2 Å². The second-order valence-corrected chi connectivity index (χ2v) is 11.1. The number of nitrogens with one attached hydrogen (secondary N) is 1. The van der Waals surface area contributed by atoms with Crippen LogP contribution in [-0.4, -0.2) is 64.8 Å². The summed E-state index contributed by atoms with van der Waals surface area (Å²) in [6.07, 6.45) is 2.90. The second-order valence-electron chi connectivity index (χ2n) is 10.2. The van der Waals surface area contributed by atoms with E-state index in [1.165, 1.54) is 5.56 Å². The van der Waals surface area contributed by atoms with E-state index >= 15 is 0 Å². The van der Waals surface area contributed by atoms with Crippen molar-refractivity contribution in [1.82, 2.24) is 20.0 Å². The van der Waals surface area contributed by atoms with Crippen LogP contribution in [-0.2, 0) is 16.0 Å². The summed E-state index contributed by atoms with van der Waals surface area (Å²) < 4.78 is 0. The van der Waals surface area contributed by atoms with Gasteiger partial charge < -0.3 is 15.1 Å². The van der Waals surface area contributed by atoms with Gasteiger partial charge in [0.15, 0.2) is 0 Å². The van der Waals surface area contributed by atoms with Gasteiger partial charge in [-0.3, -0.25) is 14.5 Å². The number of rotatable bonds is 6. The molecule has 3 aliphatic rings. The van der Waals surface area contributed by atoms with Gasteiger partial charge >= 0.3 is 6.03 Å². The van der Waals surface area contributed by atoms with E-state index in [9.17, 15) is 14.4 Å². The van der Waals surface area contributed by atoms with Crippen LogP contribution in [0.2, 0.25) is 10.0 Å². The minimum absolute atomic E-state index is 0.0558. The first kappa shape index (κ1) is 26.6. The van der Waals surface area contributed by atoms with E-state index in [1.54, 1.807) is 34.9 Å². The molecule has 7 nitrogen and oxygen atoms in total. The number of piperidine rings is 1. The molecule has 3 aliphatic heterocycles. The summed E-state index contributed by atoms with van der Waals surface area (Å²) >= 11 is 12.6. The van der Waals surface area contributed by atoms with Crippen LogP contribution in [0.1, 0.15) is 43.9 Å². The zero-order valence-electron chi connectivity index (χ0n) is 21.6. The van der Waals surface area contributed by atoms with E-state index in [-0.39, 0.29) is 24.4 Å². The van der Waals surface area contributed by atoms with Gasteiger partial charge in [0.2, 0.25) is 5.91 Å². The van der Waals surface area contributed by atoms with Crippen LogP contribution in [0.25, 0.3) is 0 Å². The van der Waals surface area contributed by atoms with Crippen LogP contribution in [0.3, 0.4) is 0 Å². The zero-order valence-corrected chi connectivity index (χ0v) is 23.1. The summed E-state index contributed by atoms with van der Waals surface area (Å²) in [6, 6.07) is 13.8. The third-order valence-electron chi connectivity index (χ3n) is 7.96. The van der Waals surface area contributed by atoms with E-state index in [0.29, 0.717) is 52.4 Å². The second kappa shape index (κ2) is 11.0. The van der Waals surface area contributed by atoms with Gasteiger partial charge in [-0.15, -0.1) is 0 Å². The van der Waals surface area contributed by atoms with Crippen LogP contribution < -0.4 is 5.32 Å². The van der Waals surface area contributed by atoms with Gasteiger partial charge in [0.1, 0.15) is 6.04 Å². The lowest BCUT2D eigenvalue weighted by molar-refractivity contribution is -0.143. The topological polar surface area (TPSA) is 73.0 Å². The minimum Gasteiger partial charge on any atom is -0.341 e. The Morgan fingerprint density at radius 2 is 1.79 bits per heavy atom. The molecule has 2 unspecified atom stereocenters. The molecule has 0 aliphatic carbocycles. The summed E-state index contributed by atoms with van der Waals surface area (Å²) in [5.41, 5.74) is 3.00. The lowest BCUT2D eigenvalue weighted by atomic mass is 9.90. The highest BCUT2D eigenvalue weighted by atomic mass is 35.5. The molecule has 4 amide bonds. The Bertz CT molecular complexity index is 1270. The Morgan fingerprint density at radius 1 is 1.08 bits per heavy atom. The minimum atomic E-state index is -0.710. The maximum atomic E-state index is 13.8. The molecule has 0 bridgehead atoms. The summed E-state index contributed by atoms with van der Waals surface area (Å²) in [6.45, 7) is 5.62. The number of benzene rings is 2. The summed E-state index contributed by atoms with van der Waals surface area (Å²) in [5, 5.41) is 3.77. The van der Waals surface area contributed by atoms with E-state index in [4.69, 9.17) is 23.2 Å². The Kier molecular flexibility index (Phi) is 7.68. The lowest BCUT2D eigenvalue weighted by Crippen LogP contribution is -2.50. The van der Waals surface area contributed by atoms with Crippen molar-refractivity contribution in [3.63, 3.8) is 0 Å². The average molecular weight is 556 g/mol. The first-order valence-corrected chi connectivity index (χ1v) is 13.9. The molecule has 200 valence electrons. The van der Waals surface area contributed by atoms with Gasteiger partial charge in [0.05, 0.1) is 23.9 Å². The Morgan fingerprint density at radius 3 is 2.45 bits per heavy atom. The maximum Gasteiger partial charge on any atom is 0.322 e. The largest absolute Gasteiger partial charge is 0.341 e. The number of likely N-dealkylation sites (N-methyl/N-ethyl adjacent to an activating group) is 1. The third-order valence-corrected chi connectivity index (χ3v) is 8.52. The number of carbonyl (C=O) groups excluding carboxylic acids is 3.